The molecule has 7 aromatic rings. The number of fused-ring (bicyclic) bond motifs is 7. The molecule has 2 aliphatic rings. The molecule has 0 atom stereocenters. The first kappa shape index (κ1) is 49.1. The Morgan fingerprint density at radius 2 is 0.838 bits per heavy atom. The zero-order valence-electron chi connectivity index (χ0n) is 35.7. The van der Waals surface area contributed by atoms with E-state index in [9.17, 15) is 26.3 Å². The molecule has 2 aliphatic heterocycles. The quantitative estimate of drug-likeness (QED) is 0.0693. The van der Waals surface area contributed by atoms with E-state index in [0.717, 1.165) is 61.3 Å². The molecule has 3 aromatic carbocycles. The summed E-state index contributed by atoms with van der Waals surface area (Å²) in [7, 11) is -12.2. The predicted octanol–water partition coefficient (Wildman–Crippen LogP) is 10.1. The van der Waals surface area contributed by atoms with Crippen molar-refractivity contribution in [2.45, 2.75) is 49.8 Å². The standard InChI is InChI=1S/C48H40N4.2CHF3O3S/c1-3-31-49-43(13-1)37-23-17-35(18-24-37)21-29-41-11-5-15-45-47-39(9-7-33-51(41)45)27-28-40-10-8-34-52-42(12-6-16-46(52)48(40)47)30-22-36-19-25-38(26-20-36)44-14-2-4-32-50-44;2*2-1(3,4)8(5,6)7/h1-6,11-32H,7-10,33-34H2;2*(H,5,6,7)/q+2;;/p-2/b29-21+,30-22+;;. The Balaban J connectivity index is 0.000000368. The Morgan fingerprint density at radius 1 is 0.471 bits per heavy atom. The van der Waals surface area contributed by atoms with E-state index in [4.69, 9.17) is 25.9 Å². The van der Waals surface area contributed by atoms with Gasteiger partial charge in [0.15, 0.2) is 20.2 Å². The number of hydrogen-bond acceptors (Lipinski definition) is 8. The van der Waals surface area contributed by atoms with Crippen LogP contribution in [-0.4, -0.2) is 46.9 Å². The van der Waals surface area contributed by atoms with Crippen LogP contribution in [0.4, 0.5) is 26.3 Å². The number of aryl methyl sites for hydroxylation is 2. The minimum absolute atomic E-state index is 0.986. The Morgan fingerprint density at radius 3 is 1.16 bits per heavy atom. The van der Waals surface area contributed by atoms with Crippen molar-refractivity contribution in [2.75, 3.05) is 0 Å². The van der Waals surface area contributed by atoms with E-state index in [1.54, 1.807) is 0 Å². The van der Waals surface area contributed by atoms with Gasteiger partial charge in [0.05, 0.1) is 22.5 Å². The van der Waals surface area contributed by atoms with Crippen LogP contribution in [0.5, 0.6) is 0 Å². The number of halogens is 6. The molecule has 0 aliphatic carbocycles. The molecule has 0 saturated carbocycles. The van der Waals surface area contributed by atoms with Crippen LogP contribution in [0.2, 0.25) is 0 Å². The maximum atomic E-state index is 10.7. The van der Waals surface area contributed by atoms with E-state index in [1.807, 2.05) is 36.7 Å². The van der Waals surface area contributed by atoms with Crippen LogP contribution in [0, 0.1) is 0 Å². The van der Waals surface area contributed by atoms with Crippen LogP contribution in [0.1, 0.15) is 46.5 Å². The molecule has 0 N–H and O–H groups in total. The van der Waals surface area contributed by atoms with Crippen molar-refractivity contribution in [1.82, 2.24) is 9.97 Å². The van der Waals surface area contributed by atoms with Gasteiger partial charge in [-0.15, -0.1) is 0 Å². The zero-order valence-corrected chi connectivity index (χ0v) is 37.4. The number of benzene rings is 3. The highest BCUT2D eigenvalue weighted by Crippen LogP contribution is 2.39. The van der Waals surface area contributed by atoms with Gasteiger partial charge in [0, 0.05) is 72.8 Å². The van der Waals surface area contributed by atoms with Gasteiger partial charge < -0.3 is 9.11 Å². The highest BCUT2D eigenvalue weighted by Gasteiger charge is 2.38. The fourth-order valence-electron chi connectivity index (χ4n) is 7.85. The maximum Gasteiger partial charge on any atom is 0.485 e. The molecule has 350 valence electrons. The summed E-state index contributed by atoms with van der Waals surface area (Å²) in [5, 5.41) is 0. The van der Waals surface area contributed by atoms with Gasteiger partial charge in [-0.2, -0.15) is 35.5 Å². The van der Waals surface area contributed by atoms with Gasteiger partial charge in [-0.1, -0.05) is 72.8 Å². The van der Waals surface area contributed by atoms with E-state index in [-0.39, 0.29) is 0 Å². The third-order valence-corrected chi connectivity index (χ3v) is 12.1. The molecule has 9 rings (SSSR count). The van der Waals surface area contributed by atoms with Crippen molar-refractivity contribution in [3.05, 3.63) is 179 Å². The summed E-state index contributed by atoms with van der Waals surface area (Å²) in [6, 6.07) is 47.9. The van der Waals surface area contributed by atoms with Gasteiger partial charge >= 0.3 is 11.0 Å². The lowest BCUT2D eigenvalue weighted by Gasteiger charge is -2.14. The van der Waals surface area contributed by atoms with Crippen LogP contribution in [0.15, 0.2) is 146 Å². The normalized spacial score (nSPS) is 13.6. The molecule has 0 radical (unpaired) electrons. The third kappa shape index (κ3) is 11.8. The van der Waals surface area contributed by atoms with Crippen LogP contribution in [0.25, 0.3) is 69.3 Å². The van der Waals surface area contributed by atoms with Gasteiger partial charge in [0.2, 0.25) is 22.8 Å². The van der Waals surface area contributed by atoms with E-state index in [0.29, 0.717) is 0 Å². The monoisotopic (exact) mass is 970 g/mol. The van der Waals surface area contributed by atoms with E-state index >= 15 is 0 Å². The van der Waals surface area contributed by atoms with Crippen molar-refractivity contribution < 1.29 is 61.4 Å². The lowest BCUT2D eigenvalue weighted by molar-refractivity contribution is -0.689. The lowest BCUT2D eigenvalue weighted by Crippen LogP contribution is -2.40. The summed E-state index contributed by atoms with van der Waals surface area (Å²) in [6.07, 6.45) is 17.1. The molecular formula is C50H40F6N4O6S2. The average Bonchev–Trinajstić information content (AvgIpc) is 3.63. The minimum atomic E-state index is -6.09. The van der Waals surface area contributed by atoms with E-state index < -0.39 is 31.3 Å². The number of nitrogens with zero attached hydrogens (tertiary/aromatic N) is 4. The van der Waals surface area contributed by atoms with Crippen LogP contribution >= 0.6 is 0 Å². The summed E-state index contributed by atoms with van der Waals surface area (Å²) in [4.78, 5) is 9.02. The Labute approximate surface area is 388 Å². The summed E-state index contributed by atoms with van der Waals surface area (Å²) >= 11 is 0. The minimum Gasteiger partial charge on any atom is -0.741 e. The van der Waals surface area contributed by atoms with Gasteiger partial charge in [0.1, 0.15) is 13.1 Å². The van der Waals surface area contributed by atoms with Crippen LogP contribution < -0.4 is 9.13 Å². The molecule has 68 heavy (non-hydrogen) atoms. The van der Waals surface area contributed by atoms with Crippen LogP contribution in [-0.2, 0) is 46.2 Å². The van der Waals surface area contributed by atoms with E-state index in [2.05, 4.69) is 153 Å². The Bertz CT molecular complexity index is 2970. The molecule has 0 spiro atoms. The van der Waals surface area contributed by atoms with Gasteiger partial charge in [-0.05, 0) is 83.6 Å². The van der Waals surface area contributed by atoms with Crippen molar-refractivity contribution in [2.24, 2.45) is 0 Å². The first-order valence-electron chi connectivity index (χ1n) is 20.9. The lowest BCUT2D eigenvalue weighted by atomic mass is 9.88. The zero-order chi connectivity index (χ0) is 48.7. The van der Waals surface area contributed by atoms with Gasteiger partial charge in [0.25, 0.3) is 0 Å². The van der Waals surface area contributed by atoms with Gasteiger partial charge in [-0.25, -0.2) is 16.8 Å². The van der Waals surface area contributed by atoms with Crippen LogP contribution in [0.3, 0.4) is 0 Å². The molecule has 4 aromatic heterocycles. The number of rotatable bonds is 6. The topological polar surface area (TPSA) is 148 Å². The second-order valence-electron chi connectivity index (χ2n) is 15.5. The molecule has 0 fully saturated rings. The first-order chi connectivity index (χ1) is 32.3. The fourth-order valence-corrected chi connectivity index (χ4v) is 7.85. The summed E-state index contributed by atoms with van der Waals surface area (Å²) in [5.74, 6) is 0. The average molecular weight is 971 g/mol. The smallest absolute Gasteiger partial charge is 0.485 e. The van der Waals surface area contributed by atoms with Crippen molar-refractivity contribution in [1.29, 1.82) is 0 Å². The highest BCUT2D eigenvalue weighted by molar-refractivity contribution is 7.86. The summed E-state index contributed by atoms with van der Waals surface area (Å²) in [5.41, 5.74) is 6.05. The number of aromatic nitrogens is 4. The second kappa shape index (κ2) is 20.6. The van der Waals surface area contributed by atoms with E-state index in [1.165, 1.54) is 56.2 Å². The molecule has 0 bridgehead atoms. The Kier molecular flexibility index (Phi) is 14.8. The second-order valence-corrected chi connectivity index (χ2v) is 18.2. The molecule has 0 amide bonds. The number of pyridine rings is 4. The van der Waals surface area contributed by atoms with Gasteiger partial charge in [-0.3, -0.25) is 9.97 Å². The molecule has 18 heteroatoms. The molecular weight excluding hydrogens is 931 g/mol. The maximum absolute atomic E-state index is 10.7. The third-order valence-electron chi connectivity index (χ3n) is 11.0. The summed E-state index contributed by atoms with van der Waals surface area (Å²) < 4.78 is 123. The molecule has 10 nitrogen and oxygen atoms in total. The molecule has 0 unspecified atom stereocenters. The molecule has 0 saturated heterocycles. The predicted molar refractivity (Wildman–Crippen MR) is 243 cm³/mol. The SMILES string of the molecule is C(=C\c1cccc2[n+]1CCCc1ccc3c(c1-2)-c1cccc(/C=C/c2ccc(-c4ccccn4)cc2)[n+]1CCC3)/c1ccc(-c2ccccn2)cc1.O=S(=O)([O-])C(F)(F)F.O=S(=O)([O-])C(F)(F)F. The van der Waals surface area contributed by atoms with Crippen molar-refractivity contribution in [3.8, 4) is 45.0 Å². The largest absolute Gasteiger partial charge is 0.741 e. The number of alkyl halides is 6. The number of hydrogen-bond donors (Lipinski definition) is 0. The first-order valence-corrected chi connectivity index (χ1v) is 23.7. The highest BCUT2D eigenvalue weighted by atomic mass is 32.2. The molecule has 6 heterocycles. The van der Waals surface area contributed by atoms with Crippen molar-refractivity contribution in [3.63, 3.8) is 0 Å². The summed E-state index contributed by atoms with van der Waals surface area (Å²) in [6.45, 7) is 1.97. The Hall–Kier alpha value is -6.86. The van der Waals surface area contributed by atoms with Crippen molar-refractivity contribution >= 4 is 44.5 Å². The fraction of sp³-hybridized carbons (Fsp3) is 0.160.